The van der Waals surface area contributed by atoms with Crippen LogP contribution in [0.25, 0.3) is 11.0 Å². The summed E-state index contributed by atoms with van der Waals surface area (Å²) in [6, 6.07) is 30.7. The van der Waals surface area contributed by atoms with Crippen molar-refractivity contribution in [2.75, 3.05) is 38.6 Å². The van der Waals surface area contributed by atoms with Crippen molar-refractivity contribution in [1.29, 1.82) is 5.26 Å². The van der Waals surface area contributed by atoms with E-state index in [2.05, 4.69) is 10.6 Å². The van der Waals surface area contributed by atoms with E-state index >= 15 is 0 Å². The molecule has 1 aromatic heterocycles. The lowest BCUT2D eigenvalue weighted by Crippen LogP contribution is -2.36. The minimum Gasteiger partial charge on any atom is -0.465 e. The lowest BCUT2D eigenvalue weighted by molar-refractivity contribution is 0.0600. The molecule has 0 fully saturated rings. The van der Waals surface area contributed by atoms with Gasteiger partial charge in [-0.05, 0) is 79.8 Å². The molecule has 0 aliphatic rings. The number of ether oxygens (including phenoxy) is 1. The van der Waals surface area contributed by atoms with E-state index in [-0.39, 0.29) is 11.4 Å². The van der Waals surface area contributed by atoms with E-state index in [1.54, 1.807) is 54.6 Å². The maximum Gasteiger partial charge on any atom is 0.337 e. The zero-order valence-electron chi connectivity index (χ0n) is 24.8. The van der Waals surface area contributed by atoms with Crippen molar-refractivity contribution in [2.24, 2.45) is 0 Å². The highest BCUT2D eigenvalue weighted by molar-refractivity contribution is 7.92. The van der Waals surface area contributed by atoms with Crippen molar-refractivity contribution in [3.8, 4) is 6.07 Å². The molecule has 1 heterocycles. The van der Waals surface area contributed by atoms with Gasteiger partial charge in [0.2, 0.25) is 0 Å². The van der Waals surface area contributed by atoms with Gasteiger partial charge in [-0.2, -0.15) is 5.26 Å². The third-order valence-corrected chi connectivity index (χ3v) is 9.18. The number of nitriles is 1. The van der Waals surface area contributed by atoms with Crippen LogP contribution >= 0.6 is 0 Å². The molecule has 10 heteroatoms. The first-order valence-corrected chi connectivity index (χ1v) is 15.5. The molecule has 4 aromatic carbocycles. The number of hydrogen-bond donors (Lipinski definition) is 0. The number of anilines is 1. The van der Waals surface area contributed by atoms with Gasteiger partial charge in [-0.25, -0.2) is 18.2 Å². The van der Waals surface area contributed by atoms with Crippen molar-refractivity contribution in [2.45, 2.75) is 17.9 Å². The third-order valence-electron chi connectivity index (χ3n) is 7.34. The molecular formula is C34H33N5O4S. The van der Waals surface area contributed by atoms with Crippen molar-refractivity contribution in [3.05, 3.63) is 125 Å². The number of nitrogens with zero attached hydrogens (tertiary/aromatic N) is 5. The summed E-state index contributed by atoms with van der Waals surface area (Å²) < 4.78 is 36.0. The van der Waals surface area contributed by atoms with Gasteiger partial charge < -0.3 is 14.2 Å². The Morgan fingerprint density at radius 2 is 1.59 bits per heavy atom. The Labute approximate surface area is 257 Å². The fourth-order valence-corrected chi connectivity index (χ4v) is 6.43. The smallest absolute Gasteiger partial charge is 0.337 e. The van der Waals surface area contributed by atoms with Crippen LogP contribution in [0.3, 0.4) is 0 Å². The lowest BCUT2D eigenvalue weighted by atomic mass is 10.1. The number of rotatable bonds is 11. The number of esters is 1. The number of imidazole rings is 1. The van der Waals surface area contributed by atoms with Gasteiger partial charge in [-0.3, -0.25) is 4.31 Å². The minimum absolute atomic E-state index is 0.223. The number of aromatic nitrogens is 2. The van der Waals surface area contributed by atoms with E-state index in [0.29, 0.717) is 41.8 Å². The van der Waals surface area contributed by atoms with Crippen LogP contribution in [0.2, 0.25) is 0 Å². The summed E-state index contributed by atoms with van der Waals surface area (Å²) in [4.78, 5) is 19.1. The second-order valence-electron chi connectivity index (χ2n) is 10.7. The zero-order valence-corrected chi connectivity index (χ0v) is 25.7. The number of benzene rings is 4. The van der Waals surface area contributed by atoms with Crippen molar-refractivity contribution >= 4 is 32.7 Å². The number of methoxy groups -OCH3 is 1. The molecule has 0 aliphatic carbocycles. The first-order valence-electron chi connectivity index (χ1n) is 14.1. The highest BCUT2D eigenvalue weighted by atomic mass is 32.2. The van der Waals surface area contributed by atoms with Crippen LogP contribution in [0.1, 0.15) is 32.9 Å². The summed E-state index contributed by atoms with van der Waals surface area (Å²) in [5.74, 6) is 0.382. The summed E-state index contributed by atoms with van der Waals surface area (Å²) in [6.45, 7) is 1.28. The normalized spacial score (nSPS) is 11.4. The Balaban J connectivity index is 1.58. The van der Waals surface area contributed by atoms with Crippen LogP contribution in [-0.4, -0.2) is 63.1 Å². The topological polar surface area (TPSA) is 109 Å². The maximum atomic E-state index is 13.8. The fraction of sp³-hybridized carbons (Fsp3) is 0.206. The average Bonchev–Trinajstić information content (AvgIpc) is 3.37. The Morgan fingerprint density at radius 1 is 0.909 bits per heavy atom. The van der Waals surface area contributed by atoms with E-state index < -0.39 is 16.0 Å². The van der Waals surface area contributed by atoms with Crippen molar-refractivity contribution < 1.29 is 17.9 Å². The molecule has 44 heavy (non-hydrogen) atoms. The number of carbonyl (C=O) groups is 1. The molecule has 0 amide bonds. The van der Waals surface area contributed by atoms with Crippen molar-refractivity contribution in [1.82, 2.24) is 14.5 Å². The lowest BCUT2D eigenvalue weighted by Gasteiger charge is -2.26. The molecule has 0 saturated heterocycles. The summed E-state index contributed by atoms with van der Waals surface area (Å²) in [5, 5.41) is 9.22. The summed E-state index contributed by atoms with van der Waals surface area (Å²) in [7, 11) is 1.34. The second-order valence-corrected chi connectivity index (χ2v) is 12.5. The van der Waals surface area contributed by atoms with E-state index in [0.717, 1.165) is 22.5 Å². The summed E-state index contributed by atoms with van der Waals surface area (Å²) in [6.07, 6.45) is 0.503. The molecule has 5 aromatic rings. The van der Waals surface area contributed by atoms with Crippen LogP contribution in [0, 0.1) is 11.3 Å². The van der Waals surface area contributed by atoms with Gasteiger partial charge in [0.25, 0.3) is 10.0 Å². The van der Waals surface area contributed by atoms with E-state index in [4.69, 9.17) is 9.72 Å². The quantitative estimate of drug-likeness (QED) is 0.193. The molecule has 0 spiro atoms. The fourth-order valence-electron chi connectivity index (χ4n) is 4.96. The predicted octanol–water partition coefficient (Wildman–Crippen LogP) is 5.09. The molecule has 0 radical (unpaired) electrons. The molecule has 224 valence electrons. The summed E-state index contributed by atoms with van der Waals surface area (Å²) >= 11 is 0. The number of fused-ring (bicyclic) bond motifs is 1. The number of carbonyl (C=O) groups excluding carboxylic acids is 1. The Morgan fingerprint density at radius 3 is 2.23 bits per heavy atom. The minimum atomic E-state index is -3.83. The molecule has 0 atom stereocenters. The molecule has 0 bridgehead atoms. The van der Waals surface area contributed by atoms with Gasteiger partial charge in [0.15, 0.2) is 0 Å². The molecule has 0 unspecified atom stereocenters. The third kappa shape index (κ3) is 6.64. The first-order chi connectivity index (χ1) is 21.2. The van der Waals surface area contributed by atoms with Gasteiger partial charge in [0.1, 0.15) is 5.82 Å². The molecule has 0 N–H and O–H groups in total. The van der Waals surface area contributed by atoms with Crippen LogP contribution in [0.5, 0.6) is 0 Å². The summed E-state index contributed by atoms with van der Waals surface area (Å²) in [5.41, 5.74) is 5.03. The second kappa shape index (κ2) is 13.1. The number of hydrogen-bond acceptors (Lipinski definition) is 7. The van der Waals surface area contributed by atoms with E-state index in [1.165, 1.54) is 11.4 Å². The molecule has 0 saturated carbocycles. The SMILES string of the molecule is COC(=O)c1ccc(Cn2c(Cc3ccc(C#N)cc3)nc3cc(N(CCN(C)C)S(=O)(=O)c4ccccc4)ccc32)cc1. The highest BCUT2D eigenvalue weighted by Gasteiger charge is 2.26. The maximum absolute atomic E-state index is 13.8. The van der Waals surface area contributed by atoms with Crippen LogP contribution < -0.4 is 4.31 Å². The largest absolute Gasteiger partial charge is 0.465 e. The predicted molar refractivity (Wildman–Crippen MR) is 170 cm³/mol. The van der Waals surface area contributed by atoms with Gasteiger partial charge in [0, 0.05) is 26.1 Å². The Kier molecular flexibility index (Phi) is 9.09. The zero-order chi connectivity index (χ0) is 31.3. The Bertz CT molecular complexity index is 1910. The molecule has 9 nitrogen and oxygen atoms in total. The molecule has 0 aliphatic heterocycles. The molecular weight excluding hydrogens is 574 g/mol. The first kappa shape index (κ1) is 30.5. The Hall–Kier alpha value is -4.98. The standard InChI is InChI=1S/C34H33N5O4S/c1-37(2)19-20-39(44(41,42)30-7-5-4-6-8-30)29-17-18-32-31(22-29)36-33(21-25-9-11-26(23-35)12-10-25)38(32)24-27-13-15-28(16-14-27)34(40)43-3/h4-18,22H,19-21,24H2,1-3H3. The van der Waals surface area contributed by atoms with Crippen molar-refractivity contribution in [3.63, 3.8) is 0 Å². The van der Waals surface area contributed by atoms with E-state index in [9.17, 15) is 18.5 Å². The van der Waals surface area contributed by atoms with E-state index in [1.807, 2.05) is 61.5 Å². The monoisotopic (exact) mass is 607 g/mol. The van der Waals surface area contributed by atoms with Gasteiger partial charge in [-0.1, -0.05) is 42.5 Å². The van der Waals surface area contributed by atoms with Crippen LogP contribution in [-0.2, 0) is 27.7 Å². The molecule has 5 rings (SSSR count). The number of likely N-dealkylation sites (N-methyl/N-ethyl adjacent to an activating group) is 1. The average molecular weight is 608 g/mol. The van der Waals surface area contributed by atoms with Crippen LogP contribution in [0.4, 0.5) is 5.69 Å². The highest BCUT2D eigenvalue weighted by Crippen LogP contribution is 2.29. The number of sulfonamides is 1. The van der Waals surface area contributed by atoms with Crippen LogP contribution in [0.15, 0.2) is 102 Å². The van der Waals surface area contributed by atoms with Gasteiger partial charge >= 0.3 is 5.97 Å². The van der Waals surface area contributed by atoms with Gasteiger partial charge in [-0.15, -0.1) is 0 Å². The van der Waals surface area contributed by atoms with Gasteiger partial charge in [0.05, 0.1) is 45.9 Å².